The molecule has 1 atom stereocenters. The van der Waals surface area contributed by atoms with Gasteiger partial charge in [0.25, 0.3) is 15.9 Å². The summed E-state index contributed by atoms with van der Waals surface area (Å²) in [5.74, 6) is -0.00242. The van der Waals surface area contributed by atoms with Crippen LogP contribution in [0.1, 0.15) is 38.1 Å². The lowest BCUT2D eigenvalue weighted by Crippen LogP contribution is -2.38. The lowest BCUT2D eigenvalue weighted by atomic mass is 10.2. The van der Waals surface area contributed by atoms with Gasteiger partial charge in [0.15, 0.2) is 6.10 Å². The number of rotatable bonds is 10. The molecule has 0 saturated carbocycles. The molecule has 31 heavy (non-hydrogen) atoms. The molecule has 8 nitrogen and oxygen atoms in total. The smallest absolute Gasteiger partial charge is 0.338 e. The lowest BCUT2D eigenvalue weighted by molar-refractivity contribution is -0.127. The van der Waals surface area contributed by atoms with Crippen LogP contribution in [0.2, 0.25) is 0 Å². The predicted octanol–water partition coefficient (Wildman–Crippen LogP) is 3.20. The van der Waals surface area contributed by atoms with Crippen molar-refractivity contribution < 1.29 is 27.5 Å². The molecule has 0 fully saturated rings. The first-order chi connectivity index (χ1) is 14.6. The Bertz CT molecular complexity index is 986. The van der Waals surface area contributed by atoms with E-state index < -0.39 is 22.1 Å². The highest BCUT2D eigenvalue weighted by atomic mass is 32.2. The van der Waals surface area contributed by atoms with Gasteiger partial charge >= 0.3 is 5.97 Å². The first-order valence-corrected chi connectivity index (χ1v) is 11.4. The van der Waals surface area contributed by atoms with Crippen LogP contribution in [0.5, 0.6) is 5.75 Å². The largest absolute Gasteiger partial charge is 0.481 e. The van der Waals surface area contributed by atoms with Crippen LogP contribution in [0.15, 0.2) is 53.4 Å². The number of nitrogens with one attached hydrogen (secondary N) is 2. The van der Waals surface area contributed by atoms with Crippen LogP contribution >= 0.6 is 0 Å². The average Bonchev–Trinajstić information content (AvgIpc) is 2.72. The molecule has 0 unspecified atom stereocenters. The van der Waals surface area contributed by atoms with Crippen LogP contribution in [-0.4, -0.2) is 39.5 Å². The SMILES string of the molecule is CCOC(=O)c1ccc(NS(=O)(=O)c2ccc(O[C@@H](C)C(=O)NCC(C)C)cc2)cc1. The standard InChI is InChI=1S/C22H28N2O6S/c1-5-29-22(26)17-6-8-18(9-7-17)24-31(27,28)20-12-10-19(11-13-20)30-16(4)21(25)23-14-15(2)3/h6-13,15-16,24H,5,14H2,1-4H3,(H,23,25)/t16-/m0/s1. The molecule has 0 spiro atoms. The zero-order chi connectivity index (χ0) is 23.0. The maximum Gasteiger partial charge on any atom is 0.338 e. The molecule has 0 saturated heterocycles. The molecule has 2 aromatic carbocycles. The summed E-state index contributed by atoms with van der Waals surface area (Å²) in [7, 11) is -3.84. The van der Waals surface area contributed by atoms with Crippen molar-refractivity contribution in [2.75, 3.05) is 17.9 Å². The molecule has 0 aliphatic rings. The predicted molar refractivity (Wildman–Crippen MR) is 118 cm³/mol. The van der Waals surface area contributed by atoms with Gasteiger partial charge in [-0.2, -0.15) is 0 Å². The van der Waals surface area contributed by atoms with E-state index in [2.05, 4.69) is 10.0 Å². The minimum absolute atomic E-state index is 0.0335. The molecule has 0 bridgehead atoms. The number of sulfonamides is 1. The van der Waals surface area contributed by atoms with Crippen molar-refractivity contribution in [1.29, 1.82) is 0 Å². The first-order valence-electron chi connectivity index (χ1n) is 9.96. The van der Waals surface area contributed by atoms with E-state index in [9.17, 15) is 18.0 Å². The fraction of sp³-hybridized carbons (Fsp3) is 0.364. The number of carbonyl (C=O) groups excluding carboxylic acids is 2. The zero-order valence-corrected chi connectivity index (χ0v) is 18.9. The summed E-state index contributed by atoms with van der Waals surface area (Å²) >= 11 is 0. The Morgan fingerprint density at radius 3 is 2.13 bits per heavy atom. The second-order valence-electron chi connectivity index (χ2n) is 7.27. The van der Waals surface area contributed by atoms with Crippen molar-refractivity contribution in [2.24, 2.45) is 5.92 Å². The summed E-state index contributed by atoms with van der Waals surface area (Å²) in [6, 6.07) is 11.7. The third-order valence-electron chi connectivity index (χ3n) is 4.15. The number of amides is 1. The number of anilines is 1. The van der Waals surface area contributed by atoms with E-state index in [1.54, 1.807) is 13.8 Å². The van der Waals surface area contributed by atoms with Crippen LogP contribution < -0.4 is 14.8 Å². The summed E-state index contributed by atoms with van der Waals surface area (Å²) in [6.45, 7) is 8.13. The second kappa shape index (κ2) is 10.8. The minimum atomic E-state index is -3.84. The highest BCUT2D eigenvalue weighted by molar-refractivity contribution is 7.92. The van der Waals surface area contributed by atoms with Crippen LogP contribution in [-0.2, 0) is 19.6 Å². The summed E-state index contributed by atoms with van der Waals surface area (Å²) < 4.78 is 38.1. The molecular weight excluding hydrogens is 420 g/mol. The van der Waals surface area contributed by atoms with Gasteiger partial charge in [-0.05, 0) is 68.3 Å². The minimum Gasteiger partial charge on any atom is -0.481 e. The van der Waals surface area contributed by atoms with Gasteiger partial charge in [0.05, 0.1) is 17.1 Å². The van der Waals surface area contributed by atoms with Crippen molar-refractivity contribution in [3.63, 3.8) is 0 Å². The van der Waals surface area contributed by atoms with Crippen molar-refractivity contribution in [1.82, 2.24) is 5.32 Å². The molecule has 0 aromatic heterocycles. The Morgan fingerprint density at radius 1 is 0.968 bits per heavy atom. The Kier molecular flexibility index (Phi) is 8.44. The van der Waals surface area contributed by atoms with E-state index in [0.717, 1.165) is 0 Å². The number of benzene rings is 2. The zero-order valence-electron chi connectivity index (χ0n) is 18.0. The van der Waals surface area contributed by atoms with Crippen LogP contribution in [0.25, 0.3) is 0 Å². The molecule has 1 amide bonds. The Labute approximate surface area is 183 Å². The number of carbonyl (C=O) groups is 2. The van der Waals surface area contributed by atoms with Gasteiger partial charge in [-0.1, -0.05) is 13.8 Å². The molecule has 0 heterocycles. The van der Waals surface area contributed by atoms with E-state index in [4.69, 9.17) is 9.47 Å². The number of esters is 1. The van der Waals surface area contributed by atoms with E-state index in [1.165, 1.54) is 48.5 Å². The molecule has 0 aliphatic carbocycles. The van der Waals surface area contributed by atoms with Gasteiger partial charge in [-0.3, -0.25) is 9.52 Å². The molecule has 2 rings (SSSR count). The highest BCUT2D eigenvalue weighted by Crippen LogP contribution is 2.20. The topological polar surface area (TPSA) is 111 Å². The second-order valence-corrected chi connectivity index (χ2v) is 8.96. The highest BCUT2D eigenvalue weighted by Gasteiger charge is 2.17. The monoisotopic (exact) mass is 448 g/mol. The molecule has 0 radical (unpaired) electrons. The first kappa shape index (κ1) is 24.2. The number of hydrogen-bond donors (Lipinski definition) is 2. The van der Waals surface area contributed by atoms with Gasteiger partial charge in [-0.15, -0.1) is 0 Å². The van der Waals surface area contributed by atoms with Gasteiger partial charge in [-0.25, -0.2) is 13.2 Å². The fourth-order valence-corrected chi connectivity index (χ4v) is 3.56. The van der Waals surface area contributed by atoms with E-state index in [0.29, 0.717) is 29.5 Å². The van der Waals surface area contributed by atoms with E-state index in [1.807, 2.05) is 13.8 Å². The fourth-order valence-electron chi connectivity index (χ4n) is 2.51. The maximum atomic E-state index is 12.6. The Morgan fingerprint density at radius 2 is 1.58 bits per heavy atom. The molecule has 2 aromatic rings. The van der Waals surface area contributed by atoms with E-state index >= 15 is 0 Å². The Hall–Kier alpha value is -3.07. The van der Waals surface area contributed by atoms with Gasteiger partial charge in [0.1, 0.15) is 5.75 Å². The number of hydrogen-bond acceptors (Lipinski definition) is 6. The quantitative estimate of drug-likeness (QED) is 0.540. The number of ether oxygens (including phenoxy) is 2. The average molecular weight is 449 g/mol. The summed E-state index contributed by atoms with van der Waals surface area (Å²) in [5, 5.41) is 2.78. The van der Waals surface area contributed by atoms with E-state index in [-0.39, 0.29) is 17.4 Å². The molecular formula is C22H28N2O6S. The Balaban J connectivity index is 2.01. The summed E-state index contributed by atoms with van der Waals surface area (Å²) in [6.07, 6.45) is -0.711. The normalized spacial score (nSPS) is 12.2. The van der Waals surface area contributed by atoms with Crippen molar-refractivity contribution in [3.8, 4) is 5.75 Å². The van der Waals surface area contributed by atoms with Crippen LogP contribution in [0.3, 0.4) is 0 Å². The maximum absolute atomic E-state index is 12.6. The lowest BCUT2D eigenvalue weighted by Gasteiger charge is -2.16. The third-order valence-corrected chi connectivity index (χ3v) is 5.55. The molecule has 0 aliphatic heterocycles. The molecule has 2 N–H and O–H groups in total. The van der Waals surface area contributed by atoms with Crippen molar-refractivity contribution >= 4 is 27.6 Å². The van der Waals surface area contributed by atoms with Crippen molar-refractivity contribution in [3.05, 3.63) is 54.1 Å². The van der Waals surface area contributed by atoms with Gasteiger partial charge < -0.3 is 14.8 Å². The van der Waals surface area contributed by atoms with Crippen LogP contribution in [0, 0.1) is 5.92 Å². The van der Waals surface area contributed by atoms with Gasteiger partial charge in [0, 0.05) is 12.2 Å². The summed E-state index contributed by atoms with van der Waals surface area (Å²) in [5.41, 5.74) is 0.640. The van der Waals surface area contributed by atoms with Crippen LogP contribution in [0.4, 0.5) is 5.69 Å². The van der Waals surface area contributed by atoms with Gasteiger partial charge in [0.2, 0.25) is 0 Å². The molecule has 9 heteroatoms. The third kappa shape index (κ3) is 7.29. The van der Waals surface area contributed by atoms with Crippen molar-refractivity contribution in [2.45, 2.75) is 38.7 Å². The summed E-state index contributed by atoms with van der Waals surface area (Å²) in [4.78, 5) is 23.7. The molecule has 168 valence electrons.